The van der Waals surface area contributed by atoms with E-state index in [9.17, 15) is 15.3 Å². The zero-order valence-corrected chi connectivity index (χ0v) is 19.6. The number of nitrogens with zero attached hydrogens (tertiary/aromatic N) is 5. The Morgan fingerprint density at radius 1 is 1.13 bits per heavy atom. The van der Waals surface area contributed by atoms with E-state index in [4.69, 9.17) is 5.21 Å². The lowest BCUT2D eigenvalue weighted by Crippen LogP contribution is -2.56. The quantitative estimate of drug-likeness (QED) is 0.160. The maximum absolute atomic E-state index is 11.1. The van der Waals surface area contributed by atoms with Crippen molar-refractivity contribution in [2.45, 2.75) is 78.9 Å². The first kappa shape index (κ1) is 26.5. The Bertz CT molecular complexity index is 795. The third kappa shape index (κ3) is 6.73. The number of aromatic nitrogens is 2. The summed E-state index contributed by atoms with van der Waals surface area (Å²) in [7, 11) is 0. The molecule has 0 fully saturated rings. The third-order valence-corrected chi connectivity index (χ3v) is 6.38. The van der Waals surface area contributed by atoms with Crippen LogP contribution in [0, 0.1) is 15.5 Å². The minimum Gasteiger partial charge on any atom is -0.411 e. The van der Waals surface area contributed by atoms with Crippen LogP contribution in [0.25, 0.3) is 0 Å². The van der Waals surface area contributed by atoms with Crippen LogP contribution >= 0.6 is 0 Å². The number of hydrogen-bond acceptors (Lipinski definition) is 9. The second-order valence-corrected chi connectivity index (χ2v) is 9.01. The molecule has 1 aromatic rings. The number of hydrogen-bond donors (Lipinski definition) is 4. The molecule has 11 nitrogen and oxygen atoms in total. The van der Waals surface area contributed by atoms with Crippen molar-refractivity contribution < 1.29 is 15.3 Å². The first-order chi connectivity index (χ1) is 14.4. The molecule has 4 N–H and O–H groups in total. The van der Waals surface area contributed by atoms with Gasteiger partial charge < -0.3 is 31.2 Å². The summed E-state index contributed by atoms with van der Waals surface area (Å²) >= 11 is 0. The van der Waals surface area contributed by atoms with Crippen molar-refractivity contribution in [3.8, 4) is 0 Å². The lowest BCUT2D eigenvalue weighted by molar-refractivity contribution is -0.396. The third-order valence-electron chi connectivity index (χ3n) is 6.38. The van der Waals surface area contributed by atoms with E-state index >= 15 is 0 Å². The fourth-order valence-corrected chi connectivity index (χ4v) is 3.10. The van der Waals surface area contributed by atoms with Gasteiger partial charge in [0.05, 0.1) is 16.8 Å². The number of imidazole rings is 1. The molecule has 0 atom stereocenters. The lowest BCUT2D eigenvalue weighted by atomic mass is 9.80. The Labute approximate surface area is 183 Å². The molecule has 1 heterocycles. The van der Waals surface area contributed by atoms with E-state index in [1.54, 1.807) is 6.92 Å². The van der Waals surface area contributed by atoms with Crippen molar-refractivity contribution in [3.63, 3.8) is 0 Å². The van der Waals surface area contributed by atoms with E-state index in [1.807, 2.05) is 27.7 Å². The van der Waals surface area contributed by atoms with E-state index in [1.165, 1.54) is 17.0 Å². The van der Waals surface area contributed by atoms with E-state index in [2.05, 4.69) is 39.8 Å². The van der Waals surface area contributed by atoms with Crippen LogP contribution < -0.4 is 10.6 Å². The monoisotopic (exact) mass is 439 g/mol. The molecule has 0 aliphatic carbocycles. The van der Waals surface area contributed by atoms with Gasteiger partial charge in [0.25, 0.3) is 0 Å². The fourth-order valence-electron chi connectivity index (χ4n) is 3.10. The van der Waals surface area contributed by atoms with Crippen molar-refractivity contribution in [3.05, 3.63) is 22.5 Å². The largest absolute Gasteiger partial charge is 0.434 e. The normalized spacial score (nSPS) is 14.2. The highest BCUT2D eigenvalue weighted by atomic mass is 16.6. The second kappa shape index (κ2) is 10.7. The minimum atomic E-state index is -0.722. The smallest absolute Gasteiger partial charge is 0.411 e. The van der Waals surface area contributed by atoms with Crippen molar-refractivity contribution in [1.29, 1.82) is 0 Å². The number of nitro groups is 1. The van der Waals surface area contributed by atoms with Crippen LogP contribution in [0.4, 0.5) is 5.95 Å². The van der Waals surface area contributed by atoms with Crippen molar-refractivity contribution in [1.82, 2.24) is 20.2 Å². The number of oxime groups is 2. The molecule has 0 bridgehead atoms. The van der Waals surface area contributed by atoms with Gasteiger partial charge >= 0.3 is 5.95 Å². The highest BCUT2D eigenvalue weighted by molar-refractivity contribution is 5.92. The highest BCUT2D eigenvalue weighted by Crippen LogP contribution is 2.27. The summed E-state index contributed by atoms with van der Waals surface area (Å²) in [4.78, 5) is 14.3. The van der Waals surface area contributed by atoms with Crippen molar-refractivity contribution in [2.75, 3.05) is 13.1 Å². The molecule has 0 radical (unpaired) electrons. The van der Waals surface area contributed by atoms with Gasteiger partial charge in [-0.15, -0.1) is 0 Å². The first-order valence-corrected chi connectivity index (χ1v) is 10.4. The average molecular weight is 440 g/mol. The van der Waals surface area contributed by atoms with Crippen LogP contribution in [0.3, 0.4) is 0 Å². The van der Waals surface area contributed by atoms with E-state index in [0.717, 1.165) is 12.8 Å². The molecule has 1 rings (SSSR count). The van der Waals surface area contributed by atoms with Crippen LogP contribution in [-0.4, -0.2) is 60.5 Å². The first-order valence-electron chi connectivity index (χ1n) is 10.4. The zero-order chi connectivity index (χ0) is 23.9. The molecule has 0 aliphatic heterocycles. The Kier molecular flexibility index (Phi) is 9.12. The summed E-state index contributed by atoms with van der Waals surface area (Å²) < 4.78 is 1.34. The molecule has 176 valence electrons. The summed E-state index contributed by atoms with van der Waals surface area (Å²) in [6, 6.07) is 0. The van der Waals surface area contributed by atoms with E-state index in [-0.39, 0.29) is 17.9 Å². The number of nitrogens with one attached hydrogen (secondary N) is 2. The topological polar surface area (TPSA) is 150 Å². The van der Waals surface area contributed by atoms with Crippen LogP contribution in [0.1, 0.15) is 61.3 Å². The lowest BCUT2D eigenvalue weighted by Gasteiger charge is -2.39. The highest BCUT2D eigenvalue weighted by Gasteiger charge is 2.35. The van der Waals surface area contributed by atoms with Gasteiger partial charge in [0.15, 0.2) is 0 Å². The van der Waals surface area contributed by atoms with Gasteiger partial charge in [-0.25, -0.2) is 4.57 Å². The van der Waals surface area contributed by atoms with Gasteiger partial charge in [0.2, 0.25) is 0 Å². The van der Waals surface area contributed by atoms with Crippen molar-refractivity contribution in [2.24, 2.45) is 15.7 Å². The van der Waals surface area contributed by atoms with E-state index < -0.39 is 16.0 Å². The Balaban J connectivity index is 2.95. The van der Waals surface area contributed by atoms with Gasteiger partial charge in [-0.1, -0.05) is 29.1 Å². The van der Waals surface area contributed by atoms with Crippen molar-refractivity contribution >= 4 is 17.4 Å². The van der Waals surface area contributed by atoms with Gasteiger partial charge in [0.1, 0.15) is 24.7 Å². The fraction of sp³-hybridized carbons (Fsp3) is 0.750. The molecule has 11 heteroatoms. The summed E-state index contributed by atoms with van der Waals surface area (Å²) in [6.45, 7) is 15.0. The molecule has 0 unspecified atom stereocenters. The van der Waals surface area contributed by atoms with E-state index in [0.29, 0.717) is 24.5 Å². The minimum absolute atomic E-state index is 0.0372. The van der Waals surface area contributed by atoms with Gasteiger partial charge in [-0.3, -0.25) is 0 Å². The average Bonchev–Trinajstić information content (AvgIpc) is 3.20. The molecule has 0 amide bonds. The molecule has 0 saturated heterocycles. The van der Waals surface area contributed by atoms with Gasteiger partial charge in [-0.2, -0.15) is 0 Å². The molecule has 0 aromatic carbocycles. The standard InChI is InChI=1S/C20H37N7O4/c1-8-20(9-2,13-22-18(4,5)15(3)24-28)14-23-19(6,7)16(25-29)12-26-11-10-21-17(26)27(30)31/h10-11,22-23,28-29H,8-9,12-14H2,1-7H3/b24-15+,25-16+. The molecule has 1 aromatic heterocycles. The Morgan fingerprint density at radius 3 is 2.13 bits per heavy atom. The molecular formula is C20H37N7O4. The second-order valence-electron chi connectivity index (χ2n) is 9.01. The summed E-state index contributed by atoms with van der Waals surface area (Å²) in [5, 5.41) is 43.6. The van der Waals surface area contributed by atoms with Gasteiger partial charge in [-0.05, 0) is 57.8 Å². The molecule has 0 spiro atoms. The maximum atomic E-state index is 11.1. The molecule has 0 saturated carbocycles. The van der Waals surface area contributed by atoms with Gasteiger partial charge in [0, 0.05) is 13.1 Å². The summed E-state index contributed by atoms with van der Waals surface area (Å²) in [5.41, 5.74) is -0.339. The zero-order valence-electron chi connectivity index (χ0n) is 19.6. The molecular weight excluding hydrogens is 402 g/mol. The predicted octanol–water partition coefficient (Wildman–Crippen LogP) is 3.01. The molecule has 0 aliphatic rings. The predicted molar refractivity (Wildman–Crippen MR) is 120 cm³/mol. The summed E-state index contributed by atoms with van der Waals surface area (Å²) in [6.07, 6.45) is 4.61. The molecule has 31 heavy (non-hydrogen) atoms. The SMILES string of the molecule is CCC(CC)(CNC(C)(C)/C(C)=N/O)CNC(C)(C)/C(Cn1ccnc1[N+](=O)[O-])=N/O. The Hall–Kier alpha value is -2.53. The maximum Gasteiger partial charge on any atom is 0.434 e. The van der Waals surface area contributed by atoms with Crippen LogP contribution in [0.2, 0.25) is 0 Å². The summed E-state index contributed by atoms with van der Waals surface area (Å²) in [5.74, 6) is -0.305. The Morgan fingerprint density at radius 2 is 1.68 bits per heavy atom. The number of rotatable bonds is 13. The van der Waals surface area contributed by atoms with Crippen LogP contribution in [0.5, 0.6) is 0 Å². The van der Waals surface area contributed by atoms with Crippen LogP contribution in [0.15, 0.2) is 22.7 Å². The van der Waals surface area contributed by atoms with Crippen LogP contribution in [-0.2, 0) is 6.54 Å².